The molecule has 0 spiro atoms. The SMILES string of the molecule is Cc1cc(C)n(-c2ccc(CNC(=O)[C@H]3COc4ccccc4C3)cn2)n1. The fraction of sp³-hybridized carbons (Fsp3) is 0.286. The first-order valence-electron chi connectivity index (χ1n) is 9.07. The molecule has 1 atom stereocenters. The molecule has 0 radical (unpaired) electrons. The van der Waals surface area contributed by atoms with Crippen LogP contribution in [0.2, 0.25) is 0 Å². The topological polar surface area (TPSA) is 69.0 Å². The van der Waals surface area contributed by atoms with Crippen molar-refractivity contribution in [2.24, 2.45) is 5.92 Å². The van der Waals surface area contributed by atoms with Crippen LogP contribution < -0.4 is 10.1 Å². The van der Waals surface area contributed by atoms with Crippen molar-refractivity contribution in [3.05, 3.63) is 71.2 Å². The molecule has 3 heterocycles. The summed E-state index contributed by atoms with van der Waals surface area (Å²) in [6.07, 6.45) is 2.48. The molecular formula is C21H22N4O2. The van der Waals surface area contributed by atoms with Gasteiger partial charge in [0.15, 0.2) is 5.82 Å². The van der Waals surface area contributed by atoms with Crippen LogP contribution >= 0.6 is 0 Å². The predicted octanol–water partition coefficient (Wildman–Crippen LogP) is 2.75. The molecule has 3 aromatic rings. The Labute approximate surface area is 158 Å². The number of carbonyl (C=O) groups excluding carboxylic acids is 1. The summed E-state index contributed by atoms with van der Waals surface area (Å²) in [6.45, 7) is 4.82. The van der Waals surface area contributed by atoms with Crippen molar-refractivity contribution in [2.45, 2.75) is 26.8 Å². The standard InChI is InChI=1S/C21H22N4O2/c1-14-9-15(2)25(24-14)20-8-7-16(11-22-20)12-23-21(26)18-10-17-5-3-4-6-19(17)27-13-18/h3-9,11,18H,10,12-13H2,1-2H3,(H,23,26)/t18-/m1/s1. The lowest BCUT2D eigenvalue weighted by Crippen LogP contribution is -2.37. The van der Waals surface area contributed by atoms with Gasteiger partial charge < -0.3 is 10.1 Å². The maximum absolute atomic E-state index is 12.5. The zero-order valence-corrected chi connectivity index (χ0v) is 15.5. The molecule has 0 bridgehead atoms. The van der Waals surface area contributed by atoms with Crippen LogP contribution in [0.3, 0.4) is 0 Å². The van der Waals surface area contributed by atoms with Crippen LogP contribution in [0, 0.1) is 19.8 Å². The van der Waals surface area contributed by atoms with Gasteiger partial charge in [0.05, 0.1) is 11.6 Å². The van der Waals surface area contributed by atoms with E-state index in [4.69, 9.17) is 4.74 Å². The highest BCUT2D eigenvalue weighted by Gasteiger charge is 2.25. The van der Waals surface area contributed by atoms with E-state index in [9.17, 15) is 4.79 Å². The van der Waals surface area contributed by atoms with E-state index in [-0.39, 0.29) is 11.8 Å². The van der Waals surface area contributed by atoms with E-state index in [1.54, 1.807) is 6.20 Å². The van der Waals surface area contributed by atoms with Gasteiger partial charge in [-0.05, 0) is 49.6 Å². The Bertz CT molecular complexity index is 963. The van der Waals surface area contributed by atoms with E-state index in [0.717, 1.165) is 34.1 Å². The molecule has 0 aliphatic carbocycles. The zero-order chi connectivity index (χ0) is 18.8. The number of aryl methyl sites for hydroxylation is 2. The fourth-order valence-electron chi connectivity index (χ4n) is 3.34. The maximum atomic E-state index is 12.5. The molecule has 1 aliphatic rings. The Balaban J connectivity index is 1.36. The summed E-state index contributed by atoms with van der Waals surface area (Å²) in [5.74, 6) is 1.49. The number of pyridine rings is 1. The van der Waals surface area contributed by atoms with Crippen molar-refractivity contribution >= 4 is 5.91 Å². The van der Waals surface area contributed by atoms with Gasteiger partial charge >= 0.3 is 0 Å². The average Bonchev–Trinajstić information content (AvgIpc) is 3.04. The molecule has 1 N–H and O–H groups in total. The molecule has 0 saturated carbocycles. The molecule has 138 valence electrons. The third kappa shape index (κ3) is 3.69. The number of hydrogen-bond acceptors (Lipinski definition) is 4. The first kappa shape index (κ1) is 17.3. The Morgan fingerprint density at radius 1 is 1.26 bits per heavy atom. The van der Waals surface area contributed by atoms with Crippen LogP contribution in [0.1, 0.15) is 22.5 Å². The Morgan fingerprint density at radius 3 is 2.85 bits per heavy atom. The largest absolute Gasteiger partial charge is 0.492 e. The third-order valence-corrected chi connectivity index (χ3v) is 4.75. The van der Waals surface area contributed by atoms with E-state index >= 15 is 0 Å². The van der Waals surface area contributed by atoms with E-state index in [1.165, 1.54) is 0 Å². The van der Waals surface area contributed by atoms with E-state index in [2.05, 4.69) is 15.4 Å². The summed E-state index contributed by atoms with van der Waals surface area (Å²) in [6, 6.07) is 13.8. The molecule has 0 fully saturated rings. The molecule has 1 amide bonds. The number of fused-ring (bicyclic) bond motifs is 1. The summed E-state index contributed by atoms with van der Waals surface area (Å²) < 4.78 is 7.52. The molecule has 0 unspecified atom stereocenters. The van der Waals surface area contributed by atoms with Crippen LogP contribution in [0.4, 0.5) is 0 Å². The molecule has 0 saturated heterocycles. The molecule has 6 heteroatoms. The second-order valence-corrected chi connectivity index (χ2v) is 6.90. The number of nitrogens with one attached hydrogen (secondary N) is 1. The quantitative estimate of drug-likeness (QED) is 0.775. The fourth-order valence-corrected chi connectivity index (χ4v) is 3.34. The van der Waals surface area contributed by atoms with Gasteiger partial charge in [-0.3, -0.25) is 4.79 Å². The average molecular weight is 362 g/mol. The van der Waals surface area contributed by atoms with Crippen LogP contribution in [0.25, 0.3) is 5.82 Å². The van der Waals surface area contributed by atoms with E-state index in [0.29, 0.717) is 19.6 Å². The number of para-hydroxylation sites is 1. The van der Waals surface area contributed by atoms with Gasteiger partial charge in [0, 0.05) is 18.4 Å². The van der Waals surface area contributed by atoms with Gasteiger partial charge in [0.25, 0.3) is 0 Å². The number of amides is 1. The van der Waals surface area contributed by atoms with Crippen molar-refractivity contribution in [3.8, 4) is 11.6 Å². The van der Waals surface area contributed by atoms with Crippen molar-refractivity contribution in [1.82, 2.24) is 20.1 Å². The minimum absolute atomic E-state index is 0.00660. The second kappa shape index (κ2) is 7.23. The van der Waals surface area contributed by atoms with Gasteiger partial charge in [-0.15, -0.1) is 0 Å². The van der Waals surface area contributed by atoms with Gasteiger partial charge in [-0.1, -0.05) is 24.3 Å². The van der Waals surface area contributed by atoms with Crippen molar-refractivity contribution < 1.29 is 9.53 Å². The van der Waals surface area contributed by atoms with Gasteiger partial charge in [-0.25, -0.2) is 9.67 Å². The summed E-state index contributed by atoms with van der Waals surface area (Å²) in [4.78, 5) is 17.0. The zero-order valence-electron chi connectivity index (χ0n) is 15.5. The van der Waals surface area contributed by atoms with Crippen LogP contribution in [0.15, 0.2) is 48.7 Å². The van der Waals surface area contributed by atoms with E-state index < -0.39 is 0 Å². The Morgan fingerprint density at radius 2 is 2.11 bits per heavy atom. The smallest absolute Gasteiger partial charge is 0.227 e. The number of carbonyl (C=O) groups is 1. The van der Waals surface area contributed by atoms with Gasteiger partial charge in [-0.2, -0.15) is 5.10 Å². The highest BCUT2D eigenvalue weighted by atomic mass is 16.5. The maximum Gasteiger partial charge on any atom is 0.227 e. The first-order chi connectivity index (χ1) is 13.1. The number of nitrogens with zero attached hydrogens (tertiary/aromatic N) is 3. The number of benzene rings is 1. The first-order valence-corrected chi connectivity index (χ1v) is 9.07. The lowest BCUT2D eigenvalue weighted by atomic mass is 9.96. The number of rotatable bonds is 4. The van der Waals surface area contributed by atoms with Crippen molar-refractivity contribution in [3.63, 3.8) is 0 Å². The second-order valence-electron chi connectivity index (χ2n) is 6.90. The van der Waals surface area contributed by atoms with Gasteiger partial charge in [0.1, 0.15) is 12.4 Å². The molecule has 1 aromatic carbocycles. The van der Waals surface area contributed by atoms with Crippen LogP contribution in [-0.4, -0.2) is 27.3 Å². The van der Waals surface area contributed by atoms with Crippen molar-refractivity contribution in [1.29, 1.82) is 0 Å². The lowest BCUT2D eigenvalue weighted by Gasteiger charge is -2.24. The van der Waals surface area contributed by atoms with Crippen molar-refractivity contribution in [2.75, 3.05) is 6.61 Å². The summed E-state index contributed by atoms with van der Waals surface area (Å²) >= 11 is 0. The van der Waals surface area contributed by atoms with Gasteiger partial charge in [0.2, 0.25) is 5.91 Å². The molecule has 2 aromatic heterocycles. The summed E-state index contributed by atoms with van der Waals surface area (Å²) in [7, 11) is 0. The molecule has 27 heavy (non-hydrogen) atoms. The highest BCUT2D eigenvalue weighted by Crippen LogP contribution is 2.26. The minimum atomic E-state index is -0.165. The molecule has 1 aliphatic heterocycles. The van der Waals surface area contributed by atoms with Crippen LogP contribution in [0.5, 0.6) is 5.75 Å². The predicted molar refractivity (Wildman–Crippen MR) is 102 cm³/mol. The Kier molecular flexibility index (Phi) is 4.62. The third-order valence-electron chi connectivity index (χ3n) is 4.75. The normalized spacial score (nSPS) is 15.7. The summed E-state index contributed by atoms with van der Waals surface area (Å²) in [5.41, 5.74) is 4.03. The summed E-state index contributed by atoms with van der Waals surface area (Å²) in [5, 5.41) is 7.43. The van der Waals surface area contributed by atoms with Crippen LogP contribution in [-0.2, 0) is 17.8 Å². The molecule has 4 rings (SSSR count). The number of aromatic nitrogens is 3. The number of ether oxygens (including phenoxy) is 1. The minimum Gasteiger partial charge on any atom is -0.492 e. The number of hydrogen-bond donors (Lipinski definition) is 1. The lowest BCUT2D eigenvalue weighted by molar-refractivity contribution is -0.126. The Hall–Kier alpha value is -3.15. The molecule has 6 nitrogen and oxygen atoms in total. The molecular weight excluding hydrogens is 340 g/mol. The van der Waals surface area contributed by atoms with E-state index in [1.807, 2.05) is 61.0 Å². The highest BCUT2D eigenvalue weighted by molar-refractivity contribution is 5.79. The monoisotopic (exact) mass is 362 g/mol.